The van der Waals surface area contributed by atoms with Crippen molar-refractivity contribution in [3.8, 4) is 28.5 Å². The quantitative estimate of drug-likeness (QED) is 0.706. The molecule has 0 unspecified atom stereocenters. The molecule has 5 heteroatoms. The van der Waals surface area contributed by atoms with Crippen LogP contribution in [0.2, 0.25) is 0 Å². The number of nitrogen functional groups attached to an aromatic ring is 1. The SMILES string of the molecule is CCc1c(-c2ccccc2)nc(N)c(C#N)c1-c1ccc(C(=O)OC)cc1. The second-order valence-electron chi connectivity index (χ2n) is 5.97. The molecule has 1 heterocycles. The lowest BCUT2D eigenvalue weighted by Crippen LogP contribution is -2.05. The van der Waals surface area contributed by atoms with Crippen LogP contribution in [0.5, 0.6) is 0 Å². The maximum Gasteiger partial charge on any atom is 0.337 e. The number of nitrogens with two attached hydrogens (primary N) is 1. The lowest BCUT2D eigenvalue weighted by Gasteiger charge is -2.17. The molecule has 2 aromatic carbocycles. The number of esters is 1. The number of carbonyl (C=O) groups is 1. The molecule has 0 atom stereocenters. The highest BCUT2D eigenvalue weighted by atomic mass is 16.5. The van der Waals surface area contributed by atoms with Gasteiger partial charge in [0, 0.05) is 11.1 Å². The van der Waals surface area contributed by atoms with Crippen molar-refractivity contribution in [2.45, 2.75) is 13.3 Å². The predicted octanol–water partition coefficient (Wildman–Crippen LogP) is 4.22. The van der Waals surface area contributed by atoms with E-state index in [0.29, 0.717) is 17.5 Å². The first kappa shape index (κ1) is 18.2. The minimum atomic E-state index is -0.406. The van der Waals surface area contributed by atoms with Gasteiger partial charge in [0.25, 0.3) is 0 Å². The molecule has 134 valence electrons. The molecule has 0 aliphatic carbocycles. The van der Waals surface area contributed by atoms with Crippen LogP contribution in [-0.4, -0.2) is 18.1 Å². The molecule has 5 nitrogen and oxygen atoms in total. The molecule has 0 amide bonds. The normalized spacial score (nSPS) is 10.3. The minimum absolute atomic E-state index is 0.195. The summed E-state index contributed by atoms with van der Waals surface area (Å²) in [6, 6.07) is 18.9. The third kappa shape index (κ3) is 3.38. The second-order valence-corrected chi connectivity index (χ2v) is 5.97. The van der Waals surface area contributed by atoms with E-state index in [1.165, 1.54) is 7.11 Å². The summed E-state index contributed by atoms with van der Waals surface area (Å²) in [5.41, 5.74) is 11.1. The molecule has 3 rings (SSSR count). The lowest BCUT2D eigenvalue weighted by atomic mass is 9.90. The van der Waals surface area contributed by atoms with E-state index in [-0.39, 0.29) is 5.82 Å². The van der Waals surface area contributed by atoms with Crippen molar-refractivity contribution in [2.24, 2.45) is 0 Å². The van der Waals surface area contributed by atoms with Gasteiger partial charge in [-0.2, -0.15) is 5.26 Å². The number of aromatic nitrogens is 1. The molecule has 0 aliphatic heterocycles. The Morgan fingerprint density at radius 2 is 1.78 bits per heavy atom. The minimum Gasteiger partial charge on any atom is -0.465 e. The number of hydrogen-bond acceptors (Lipinski definition) is 5. The molecule has 0 radical (unpaired) electrons. The van der Waals surface area contributed by atoms with Gasteiger partial charge in [-0.15, -0.1) is 0 Å². The molecular weight excluding hydrogens is 338 g/mol. The second kappa shape index (κ2) is 7.71. The molecule has 0 fully saturated rings. The van der Waals surface area contributed by atoms with Crippen molar-refractivity contribution in [3.05, 3.63) is 71.3 Å². The van der Waals surface area contributed by atoms with Crippen LogP contribution in [0.4, 0.5) is 5.82 Å². The molecule has 0 aliphatic rings. The van der Waals surface area contributed by atoms with Gasteiger partial charge in [0.05, 0.1) is 18.4 Å². The third-order valence-corrected chi connectivity index (χ3v) is 4.43. The summed E-state index contributed by atoms with van der Waals surface area (Å²) < 4.78 is 4.75. The van der Waals surface area contributed by atoms with Gasteiger partial charge in [-0.1, -0.05) is 49.4 Å². The first-order chi connectivity index (χ1) is 13.1. The van der Waals surface area contributed by atoms with Crippen LogP contribution in [0.15, 0.2) is 54.6 Å². The fourth-order valence-electron chi connectivity index (χ4n) is 3.14. The van der Waals surface area contributed by atoms with Crippen molar-refractivity contribution >= 4 is 11.8 Å². The van der Waals surface area contributed by atoms with E-state index >= 15 is 0 Å². The van der Waals surface area contributed by atoms with Crippen molar-refractivity contribution in [1.29, 1.82) is 5.26 Å². The maximum atomic E-state index is 11.7. The van der Waals surface area contributed by atoms with Gasteiger partial charge in [0.15, 0.2) is 0 Å². The first-order valence-corrected chi connectivity index (χ1v) is 8.57. The number of nitriles is 1. The first-order valence-electron chi connectivity index (χ1n) is 8.57. The summed E-state index contributed by atoms with van der Waals surface area (Å²) in [6.45, 7) is 2.02. The third-order valence-electron chi connectivity index (χ3n) is 4.43. The molecule has 0 saturated heterocycles. The predicted molar refractivity (Wildman–Crippen MR) is 105 cm³/mol. The van der Waals surface area contributed by atoms with E-state index in [1.807, 2.05) is 37.3 Å². The highest BCUT2D eigenvalue weighted by molar-refractivity contribution is 5.91. The van der Waals surface area contributed by atoms with E-state index in [9.17, 15) is 10.1 Å². The van der Waals surface area contributed by atoms with Crippen molar-refractivity contribution in [3.63, 3.8) is 0 Å². The lowest BCUT2D eigenvalue weighted by molar-refractivity contribution is 0.0601. The van der Waals surface area contributed by atoms with Gasteiger partial charge >= 0.3 is 5.97 Å². The topological polar surface area (TPSA) is 89.0 Å². The molecule has 2 N–H and O–H groups in total. The van der Waals surface area contributed by atoms with Gasteiger partial charge in [0.2, 0.25) is 0 Å². The van der Waals surface area contributed by atoms with Crippen molar-refractivity contribution < 1.29 is 9.53 Å². The Kier molecular flexibility index (Phi) is 5.18. The standard InChI is InChI=1S/C22H19N3O2/c1-3-17-19(14-9-11-16(12-10-14)22(26)27-2)18(13-23)21(24)25-20(17)15-7-5-4-6-8-15/h4-12H,3H2,1-2H3,(H2,24,25). The number of rotatable bonds is 4. The largest absolute Gasteiger partial charge is 0.465 e. The summed E-state index contributed by atoms with van der Waals surface area (Å²) in [5.74, 6) is -0.211. The van der Waals surface area contributed by atoms with Gasteiger partial charge in [-0.25, -0.2) is 9.78 Å². The maximum absolute atomic E-state index is 11.7. The molecule has 27 heavy (non-hydrogen) atoms. The Hall–Kier alpha value is -3.65. The van der Waals surface area contributed by atoms with Crippen LogP contribution in [-0.2, 0) is 11.2 Å². The number of nitrogens with zero attached hydrogens (tertiary/aromatic N) is 2. The van der Waals surface area contributed by atoms with Crippen LogP contribution in [0.25, 0.3) is 22.4 Å². The van der Waals surface area contributed by atoms with Crippen LogP contribution in [0.1, 0.15) is 28.4 Å². The number of ether oxygens (including phenoxy) is 1. The fraction of sp³-hybridized carbons (Fsp3) is 0.136. The monoisotopic (exact) mass is 357 g/mol. The van der Waals surface area contributed by atoms with Gasteiger partial charge < -0.3 is 10.5 Å². The van der Waals surface area contributed by atoms with Crippen molar-refractivity contribution in [2.75, 3.05) is 12.8 Å². The van der Waals surface area contributed by atoms with Crippen LogP contribution in [0, 0.1) is 11.3 Å². The number of benzene rings is 2. The Balaban J connectivity index is 2.26. The summed E-state index contributed by atoms with van der Waals surface area (Å²) in [4.78, 5) is 16.2. The van der Waals surface area contributed by atoms with Gasteiger partial charge in [-0.05, 0) is 29.7 Å². The van der Waals surface area contributed by atoms with E-state index in [0.717, 1.165) is 27.9 Å². The Labute approximate surface area is 158 Å². The highest BCUT2D eigenvalue weighted by Gasteiger charge is 2.20. The molecule has 0 spiro atoms. The van der Waals surface area contributed by atoms with E-state index in [1.54, 1.807) is 24.3 Å². The summed E-state index contributed by atoms with van der Waals surface area (Å²) in [6.07, 6.45) is 0.681. The Morgan fingerprint density at radius 1 is 1.11 bits per heavy atom. The van der Waals surface area contributed by atoms with E-state index in [4.69, 9.17) is 10.5 Å². The number of pyridine rings is 1. The number of carbonyl (C=O) groups excluding carboxylic acids is 1. The Morgan fingerprint density at radius 3 is 2.33 bits per heavy atom. The average Bonchev–Trinajstić information content (AvgIpc) is 2.73. The van der Waals surface area contributed by atoms with Crippen LogP contribution < -0.4 is 5.73 Å². The summed E-state index contributed by atoms with van der Waals surface area (Å²) in [5, 5.41) is 9.68. The summed E-state index contributed by atoms with van der Waals surface area (Å²) >= 11 is 0. The zero-order valence-electron chi connectivity index (χ0n) is 15.2. The molecule has 0 saturated carbocycles. The van der Waals surface area contributed by atoms with Crippen LogP contribution in [0.3, 0.4) is 0 Å². The summed E-state index contributed by atoms with van der Waals surface area (Å²) in [7, 11) is 1.34. The fourth-order valence-corrected chi connectivity index (χ4v) is 3.14. The van der Waals surface area contributed by atoms with Gasteiger partial charge in [0.1, 0.15) is 17.5 Å². The highest BCUT2D eigenvalue weighted by Crippen LogP contribution is 2.36. The molecule has 3 aromatic rings. The Bertz CT molecular complexity index is 1020. The van der Waals surface area contributed by atoms with Crippen molar-refractivity contribution in [1.82, 2.24) is 4.98 Å². The van der Waals surface area contributed by atoms with Gasteiger partial charge in [-0.3, -0.25) is 0 Å². The number of methoxy groups -OCH3 is 1. The average molecular weight is 357 g/mol. The molecule has 0 bridgehead atoms. The molecular formula is C22H19N3O2. The number of hydrogen-bond donors (Lipinski definition) is 1. The molecule has 1 aromatic heterocycles. The van der Waals surface area contributed by atoms with E-state index in [2.05, 4.69) is 11.1 Å². The number of anilines is 1. The van der Waals surface area contributed by atoms with E-state index < -0.39 is 5.97 Å². The zero-order valence-corrected chi connectivity index (χ0v) is 15.2. The smallest absolute Gasteiger partial charge is 0.337 e. The zero-order chi connectivity index (χ0) is 19.4. The van der Waals surface area contributed by atoms with Crippen LogP contribution >= 0.6 is 0 Å².